The van der Waals surface area contributed by atoms with Gasteiger partial charge in [-0.2, -0.15) is 13.8 Å². The Labute approximate surface area is 118 Å². The molecule has 0 aliphatic carbocycles. The minimum atomic E-state index is -3.12. The largest absolute Gasteiger partial charge is 0.327 e. The van der Waals surface area contributed by atoms with Crippen LogP contribution in [0, 0.1) is 0 Å². The number of nitrogens with zero attached hydrogens (tertiary/aromatic N) is 3. The number of hydrogen-bond acceptors (Lipinski definition) is 2. The third kappa shape index (κ3) is 3.71. The lowest BCUT2D eigenvalue weighted by Gasteiger charge is -2.06. The zero-order chi connectivity index (χ0) is 14.5. The Morgan fingerprint density at radius 2 is 2.10 bits per heavy atom. The highest BCUT2D eigenvalue weighted by Crippen LogP contribution is 2.05. The van der Waals surface area contributed by atoms with Gasteiger partial charge in [-0.15, -0.1) is 0 Å². The fraction of sp³-hybridized carbons (Fsp3) is 0.154. The van der Waals surface area contributed by atoms with Crippen LogP contribution in [0.15, 0.2) is 47.6 Å². The molecule has 0 saturated carbocycles. The Hall–Kier alpha value is -2.08. The zero-order valence-electron chi connectivity index (χ0n) is 10.2. The van der Waals surface area contributed by atoms with Gasteiger partial charge in [-0.05, 0) is 24.3 Å². The van der Waals surface area contributed by atoms with Crippen LogP contribution in [0.5, 0.6) is 0 Å². The quantitative estimate of drug-likeness (QED) is 0.816. The van der Waals surface area contributed by atoms with Gasteiger partial charge in [-0.1, -0.05) is 23.7 Å². The Morgan fingerprint density at radius 1 is 1.30 bits per heavy atom. The molecular weight excluding hydrogens is 288 g/mol. The molecule has 0 aromatic carbocycles. The van der Waals surface area contributed by atoms with Gasteiger partial charge in [0.15, 0.2) is 0 Å². The third-order valence-electron chi connectivity index (χ3n) is 2.43. The maximum Gasteiger partial charge on any atom is 0.317 e. The van der Waals surface area contributed by atoms with Gasteiger partial charge in [0.2, 0.25) is 0 Å². The monoisotopic (exact) mass is 297 g/mol. The van der Waals surface area contributed by atoms with Gasteiger partial charge in [0.1, 0.15) is 10.6 Å². The van der Waals surface area contributed by atoms with Crippen LogP contribution in [0.1, 0.15) is 5.69 Å². The second kappa shape index (κ2) is 6.38. The van der Waals surface area contributed by atoms with Crippen LogP contribution in [-0.2, 0) is 11.3 Å². The van der Waals surface area contributed by atoms with E-state index in [0.29, 0.717) is 10.8 Å². The van der Waals surface area contributed by atoms with Crippen molar-refractivity contribution in [2.75, 3.05) is 0 Å². The van der Waals surface area contributed by atoms with Crippen LogP contribution >= 0.6 is 11.6 Å². The topological polar surface area (TPSA) is 47.2 Å². The van der Waals surface area contributed by atoms with E-state index in [0.717, 1.165) is 0 Å². The predicted octanol–water partition coefficient (Wildman–Crippen LogP) is 2.28. The van der Waals surface area contributed by atoms with E-state index in [1.807, 2.05) is 0 Å². The van der Waals surface area contributed by atoms with Crippen LogP contribution in [0.3, 0.4) is 0 Å². The average Bonchev–Trinajstić information content (AvgIpc) is 2.41. The van der Waals surface area contributed by atoms with E-state index >= 15 is 0 Å². The fourth-order valence-electron chi connectivity index (χ4n) is 1.58. The summed E-state index contributed by atoms with van der Waals surface area (Å²) in [6.45, 7) is 0.275. The van der Waals surface area contributed by atoms with Crippen LogP contribution < -0.4 is 5.49 Å². The molecule has 0 fully saturated rings. The lowest BCUT2D eigenvalue weighted by molar-refractivity contribution is -0.128. The molecular formula is C13H10ClF2N3O. The molecule has 2 aromatic heterocycles. The van der Waals surface area contributed by atoms with Gasteiger partial charge < -0.3 is 4.57 Å². The highest BCUT2D eigenvalue weighted by molar-refractivity contribution is 6.29. The first-order chi connectivity index (χ1) is 9.56. The second-order valence-corrected chi connectivity index (χ2v) is 4.28. The normalized spacial score (nSPS) is 11.9. The number of alkyl halides is 2. The maximum absolute atomic E-state index is 12.2. The number of halogens is 3. The van der Waals surface area contributed by atoms with Gasteiger partial charge in [-0.25, -0.2) is 4.98 Å². The molecule has 0 aliphatic heterocycles. The molecule has 0 aliphatic rings. The van der Waals surface area contributed by atoms with Gasteiger partial charge in [0.25, 0.3) is 0 Å². The van der Waals surface area contributed by atoms with E-state index in [4.69, 9.17) is 11.6 Å². The van der Waals surface area contributed by atoms with Crippen molar-refractivity contribution >= 4 is 17.5 Å². The number of carbonyl (C=O) groups excluding carboxylic acids is 1. The first-order valence-corrected chi connectivity index (χ1v) is 6.07. The predicted molar refractivity (Wildman–Crippen MR) is 69.4 cm³/mol. The SMILES string of the molecule is O=C(N=c1ccccn1Cc1cccc(Cl)n1)C(F)F. The summed E-state index contributed by atoms with van der Waals surface area (Å²) < 4.78 is 26.0. The van der Waals surface area contributed by atoms with E-state index in [2.05, 4.69) is 9.98 Å². The van der Waals surface area contributed by atoms with Crippen molar-refractivity contribution in [3.8, 4) is 0 Å². The standard InChI is InChI=1S/C13H10ClF2N3O/c14-10-5-3-4-9(17-10)8-19-7-2-1-6-11(19)18-13(20)12(15)16/h1-7,12H,8H2. The molecule has 2 aromatic rings. The van der Waals surface area contributed by atoms with Gasteiger partial charge >= 0.3 is 12.3 Å². The van der Waals surface area contributed by atoms with E-state index in [1.54, 1.807) is 41.1 Å². The Kier molecular flexibility index (Phi) is 4.57. The molecule has 0 saturated heterocycles. The minimum Gasteiger partial charge on any atom is -0.327 e. The number of pyridine rings is 2. The number of amides is 1. The lowest BCUT2D eigenvalue weighted by atomic mass is 10.3. The number of carbonyl (C=O) groups is 1. The molecule has 0 unspecified atom stereocenters. The highest BCUT2D eigenvalue weighted by Gasteiger charge is 2.13. The summed E-state index contributed by atoms with van der Waals surface area (Å²) in [6, 6.07) is 9.90. The van der Waals surface area contributed by atoms with Crippen molar-refractivity contribution in [2.45, 2.75) is 13.0 Å². The third-order valence-corrected chi connectivity index (χ3v) is 2.64. The number of aromatic nitrogens is 2. The summed E-state index contributed by atoms with van der Waals surface area (Å²) in [5.41, 5.74) is 0.772. The van der Waals surface area contributed by atoms with Crippen LogP contribution in [0.4, 0.5) is 8.78 Å². The first-order valence-electron chi connectivity index (χ1n) is 5.70. The van der Waals surface area contributed by atoms with Crippen molar-refractivity contribution in [1.82, 2.24) is 9.55 Å². The van der Waals surface area contributed by atoms with Crippen molar-refractivity contribution in [2.24, 2.45) is 4.99 Å². The summed E-state index contributed by atoms with van der Waals surface area (Å²) in [4.78, 5) is 18.5. The Bertz CT molecular complexity index is 685. The summed E-state index contributed by atoms with van der Waals surface area (Å²) in [7, 11) is 0. The molecule has 0 bridgehead atoms. The molecule has 104 valence electrons. The smallest absolute Gasteiger partial charge is 0.317 e. The fourth-order valence-corrected chi connectivity index (χ4v) is 1.76. The van der Waals surface area contributed by atoms with Crippen molar-refractivity contribution in [3.63, 3.8) is 0 Å². The Morgan fingerprint density at radius 3 is 2.80 bits per heavy atom. The van der Waals surface area contributed by atoms with Gasteiger partial charge in [-0.3, -0.25) is 4.79 Å². The van der Waals surface area contributed by atoms with Gasteiger partial charge in [0, 0.05) is 6.20 Å². The number of hydrogen-bond donors (Lipinski definition) is 0. The molecule has 7 heteroatoms. The van der Waals surface area contributed by atoms with E-state index in [9.17, 15) is 13.6 Å². The van der Waals surface area contributed by atoms with Crippen LogP contribution in [-0.4, -0.2) is 21.9 Å². The highest BCUT2D eigenvalue weighted by atomic mass is 35.5. The number of rotatable bonds is 3. The molecule has 20 heavy (non-hydrogen) atoms. The van der Waals surface area contributed by atoms with Crippen molar-refractivity contribution < 1.29 is 13.6 Å². The van der Waals surface area contributed by atoms with E-state index in [-0.39, 0.29) is 12.0 Å². The minimum absolute atomic E-state index is 0.138. The average molecular weight is 298 g/mol. The maximum atomic E-state index is 12.2. The second-order valence-electron chi connectivity index (χ2n) is 3.89. The molecule has 0 atom stereocenters. The zero-order valence-corrected chi connectivity index (χ0v) is 11.0. The van der Waals surface area contributed by atoms with Crippen LogP contribution in [0.25, 0.3) is 0 Å². The summed E-state index contributed by atoms with van der Waals surface area (Å²) in [5, 5.41) is 0.334. The lowest BCUT2D eigenvalue weighted by Crippen LogP contribution is -2.24. The summed E-state index contributed by atoms with van der Waals surface area (Å²) in [5.74, 6) is -1.47. The molecule has 4 nitrogen and oxygen atoms in total. The molecule has 2 rings (SSSR count). The van der Waals surface area contributed by atoms with Gasteiger partial charge in [0.05, 0.1) is 12.2 Å². The molecule has 2 heterocycles. The van der Waals surface area contributed by atoms with Crippen molar-refractivity contribution in [3.05, 3.63) is 58.9 Å². The van der Waals surface area contributed by atoms with Crippen LogP contribution in [0.2, 0.25) is 5.15 Å². The van der Waals surface area contributed by atoms with E-state index < -0.39 is 12.3 Å². The van der Waals surface area contributed by atoms with Crippen molar-refractivity contribution in [1.29, 1.82) is 0 Å². The van der Waals surface area contributed by atoms with E-state index in [1.165, 1.54) is 6.07 Å². The first kappa shape index (κ1) is 14.3. The molecule has 1 amide bonds. The Balaban J connectivity index is 2.36. The molecule has 0 N–H and O–H groups in total. The summed E-state index contributed by atoms with van der Waals surface area (Å²) >= 11 is 5.78. The summed E-state index contributed by atoms with van der Waals surface area (Å²) in [6.07, 6.45) is -1.49. The molecule has 0 radical (unpaired) electrons. The molecule has 0 spiro atoms.